The average Bonchev–Trinajstić information content (AvgIpc) is 2.91. The van der Waals surface area contributed by atoms with Gasteiger partial charge in [0.1, 0.15) is 5.60 Å². The van der Waals surface area contributed by atoms with E-state index in [0.717, 1.165) is 24.9 Å². The highest BCUT2D eigenvalue weighted by molar-refractivity contribution is 5.68. The van der Waals surface area contributed by atoms with Crippen LogP contribution in [-0.4, -0.2) is 53.9 Å². The fraction of sp³-hybridized carbons (Fsp3) is 0.944. The van der Waals surface area contributed by atoms with E-state index in [1.165, 1.54) is 32.1 Å². The van der Waals surface area contributed by atoms with Crippen molar-refractivity contribution in [1.82, 2.24) is 15.5 Å². The van der Waals surface area contributed by atoms with Crippen molar-refractivity contribution in [2.45, 2.75) is 102 Å². The first kappa shape index (κ1) is 17.0. The summed E-state index contributed by atoms with van der Waals surface area (Å²) in [5.74, 6) is 0. The molecule has 4 unspecified atom stereocenters. The molecule has 2 N–H and O–H groups in total. The lowest BCUT2D eigenvalue weighted by Crippen LogP contribution is -2.54. The number of alkyl carbamates (subject to hydrolysis) is 1. The molecule has 0 radical (unpaired) electrons. The summed E-state index contributed by atoms with van der Waals surface area (Å²) in [6, 6.07) is 2.72. The van der Waals surface area contributed by atoms with Crippen molar-refractivity contribution in [3.05, 3.63) is 0 Å². The number of fused-ring (bicyclic) bond motifs is 2. The second-order valence-electron chi connectivity index (χ2n) is 8.68. The summed E-state index contributed by atoms with van der Waals surface area (Å²) in [5, 5.41) is 6.95. The van der Waals surface area contributed by atoms with Crippen LogP contribution in [0.1, 0.15) is 65.7 Å². The first-order valence-corrected chi connectivity index (χ1v) is 9.29. The topological polar surface area (TPSA) is 53.6 Å². The number of nitrogens with zero attached hydrogens (tertiary/aromatic N) is 1. The van der Waals surface area contributed by atoms with Crippen molar-refractivity contribution in [1.29, 1.82) is 0 Å². The third-order valence-electron chi connectivity index (χ3n) is 5.77. The van der Waals surface area contributed by atoms with E-state index in [0.29, 0.717) is 12.1 Å². The number of piperidine rings is 1. The maximum absolute atomic E-state index is 12.0. The summed E-state index contributed by atoms with van der Waals surface area (Å²) in [5.41, 5.74) is -0.432. The van der Waals surface area contributed by atoms with Crippen LogP contribution in [0.4, 0.5) is 4.79 Å². The van der Waals surface area contributed by atoms with Crippen LogP contribution in [-0.2, 0) is 4.74 Å². The Kier molecular flexibility index (Phi) is 4.88. The number of carbonyl (C=O) groups excluding carboxylic acids is 1. The zero-order valence-electron chi connectivity index (χ0n) is 15.1. The van der Waals surface area contributed by atoms with Gasteiger partial charge in [-0.15, -0.1) is 0 Å². The highest BCUT2D eigenvalue weighted by atomic mass is 16.6. The van der Waals surface area contributed by atoms with Crippen molar-refractivity contribution in [2.75, 3.05) is 7.05 Å². The SMILES string of the molecule is CN1C2CCC1CC(NC1CCCC1NC(=O)OC(C)(C)C)C2. The van der Waals surface area contributed by atoms with E-state index in [2.05, 4.69) is 22.6 Å². The molecular formula is C18H33N3O2. The van der Waals surface area contributed by atoms with Crippen LogP contribution in [0.2, 0.25) is 0 Å². The van der Waals surface area contributed by atoms with Crippen molar-refractivity contribution < 1.29 is 9.53 Å². The number of carbonyl (C=O) groups is 1. The summed E-state index contributed by atoms with van der Waals surface area (Å²) < 4.78 is 5.41. The Hall–Kier alpha value is -0.810. The summed E-state index contributed by atoms with van der Waals surface area (Å²) >= 11 is 0. The van der Waals surface area contributed by atoms with Crippen molar-refractivity contribution >= 4 is 6.09 Å². The maximum atomic E-state index is 12.0. The molecule has 132 valence electrons. The van der Waals surface area contributed by atoms with E-state index in [4.69, 9.17) is 4.74 Å². The van der Waals surface area contributed by atoms with Gasteiger partial charge in [-0.05, 0) is 72.8 Å². The van der Waals surface area contributed by atoms with Gasteiger partial charge in [0.25, 0.3) is 0 Å². The minimum atomic E-state index is -0.432. The Morgan fingerprint density at radius 2 is 1.65 bits per heavy atom. The van der Waals surface area contributed by atoms with E-state index < -0.39 is 5.60 Å². The monoisotopic (exact) mass is 323 g/mol. The Morgan fingerprint density at radius 3 is 2.26 bits per heavy atom. The van der Waals surface area contributed by atoms with Crippen LogP contribution in [0.5, 0.6) is 0 Å². The molecule has 1 amide bonds. The largest absolute Gasteiger partial charge is 0.444 e. The first-order valence-electron chi connectivity index (χ1n) is 9.29. The van der Waals surface area contributed by atoms with Gasteiger partial charge >= 0.3 is 6.09 Å². The Bertz CT molecular complexity index is 420. The molecule has 2 saturated heterocycles. The van der Waals surface area contributed by atoms with Gasteiger partial charge in [0.2, 0.25) is 0 Å². The molecule has 3 fully saturated rings. The molecule has 0 aromatic heterocycles. The van der Waals surface area contributed by atoms with Gasteiger partial charge in [0, 0.05) is 30.2 Å². The minimum Gasteiger partial charge on any atom is -0.444 e. The third kappa shape index (κ3) is 4.18. The molecule has 1 saturated carbocycles. The van der Waals surface area contributed by atoms with Crippen LogP contribution >= 0.6 is 0 Å². The van der Waals surface area contributed by atoms with Crippen molar-refractivity contribution in [3.8, 4) is 0 Å². The van der Waals surface area contributed by atoms with Crippen LogP contribution in [0.25, 0.3) is 0 Å². The molecule has 3 aliphatic rings. The second-order valence-corrected chi connectivity index (χ2v) is 8.68. The number of amides is 1. The van der Waals surface area contributed by atoms with Gasteiger partial charge in [-0.2, -0.15) is 0 Å². The zero-order valence-corrected chi connectivity index (χ0v) is 15.1. The highest BCUT2D eigenvalue weighted by Gasteiger charge is 2.40. The van der Waals surface area contributed by atoms with Gasteiger partial charge in [0.15, 0.2) is 0 Å². The van der Waals surface area contributed by atoms with Gasteiger partial charge in [-0.1, -0.05) is 0 Å². The molecule has 5 nitrogen and oxygen atoms in total. The number of ether oxygens (including phenoxy) is 1. The first-order chi connectivity index (χ1) is 10.8. The lowest BCUT2D eigenvalue weighted by Gasteiger charge is -2.38. The Balaban J connectivity index is 1.50. The predicted octanol–water partition coefficient (Wildman–Crippen LogP) is 2.65. The number of hydrogen-bond donors (Lipinski definition) is 2. The normalized spacial score (nSPS) is 37.8. The second kappa shape index (κ2) is 6.60. The molecular weight excluding hydrogens is 290 g/mol. The van der Waals surface area contributed by atoms with Gasteiger partial charge in [0.05, 0.1) is 0 Å². The fourth-order valence-corrected chi connectivity index (χ4v) is 4.64. The Labute approximate surface area is 140 Å². The molecule has 2 heterocycles. The van der Waals surface area contributed by atoms with E-state index in [-0.39, 0.29) is 12.1 Å². The smallest absolute Gasteiger partial charge is 0.407 e. The molecule has 5 heteroatoms. The van der Waals surface area contributed by atoms with Crippen LogP contribution in [0.15, 0.2) is 0 Å². The summed E-state index contributed by atoms with van der Waals surface area (Å²) in [4.78, 5) is 14.6. The van der Waals surface area contributed by atoms with Crippen LogP contribution in [0.3, 0.4) is 0 Å². The molecule has 1 aliphatic carbocycles. The molecule has 2 bridgehead atoms. The molecule has 0 aromatic rings. The molecule has 4 atom stereocenters. The minimum absolute atomic E-state index is 0.210. The van der Waals surface area contributed by atoms with Gasteiger partial charge in [-0.3, -0.25) is 0 Å². The van der Waals surface area contributed by atoms with E-state index in [9.17, 15) is 4.79 Å². The van der Waals surface area contributed by atoms with E-state index in [1.54, 1.807) is 0 Å². The van der Waals surface area contributed by atoms with Crippen molar-refractivity contribution in [3.63, 3.8) is 0 Å². The standard InChI is InChI=1S/C18H33N3O2/c1-18(2,3)23-17(22)20-16-7-5-6-15(16)19-12-10-13-8-9-14(11-12)21(13)4/h12-16,19H,5-11H2,1-4H3,(H,20,22). The lowest BCUT2D eigenvalue weighted by atomic mass is 9.96. The molecule has 3 rings (SSSR count). The van der Waals surface area contributed by atoms with Crippen LogP contribution in [0, 0.1) is 0 Å². The molecule has 2 aliphatic heterocycles. The molecule has 0 aromatic carbocycles. The number of hydrogen-bond acceptors (Lipinski definition) is 4. The van der Waals surface area contributed by atoms with Gasteiger partial charge < -0.3 is 20.3 Å². The summed E-state index contributed by atoms with van der Waals surface area (Å²) in [6.07, 6.45) is 8.31. The summed E-state index contributed by atoms with van der Waals surface area (Å²) in [6.45, 7) is 5.72. The number of rotatable bonds is 3. The van der Waals surface area contributed by atoms with Crippen molar-refractivity contribution in [2.24, 2.45) is 0 Å². The van der Waals surface area contributed by atoms with Gasteiger partial charge in [-0.25, -0.2) is 4.79 Å². The molecule has 0 spiro atoms. The Morgan fingerprint density at radius 1 is 1.04 bits per heavy atom. The highest BCUT2D eigenvalue weighted by Crippen LogP contribution is 2.35. The quantitative estimate of drug-likeness (QED) is 0.838. The van der Waals surface area contributed by atoms with Crippen LogP contribution < -0.4 is 10.6 Å². The van der Waals surface area contributed by atoms with E-state index >= 15 is 0 Å². The third-order valence-corrected chi connectivity index (χ3v) is 5.77. The number of nitrogens with one attached hydrogen (secondary N) is 2. The van der Waals surface area contributed by atoms with E-state index in [1.807, 2.05) is 20.8 Å². The summed E-state index contributed by atoms with van der Waals surface area (Å²) in [7, 11) is 2.28. The average molecular weight is 323 g/mol. The maximum Gasteiger partial charge on any atom is 0.407 e. The zero-order chi connectivity index (χ0) is 16.6. The molecule has 23 heavy (non-hydrogen) atoms. The fourth-order valence-electron chi connectivity index (χ4n) is 4.64. The lowest BCUT2D eigenvalue weighted by molar-refractivity contribution is 0.0493. The predicted molar refractivity (Wildman–Crippen MR) is 91.5 cm³/mol.